The van der Waals surface area contributed by atoms with E-state index in [1.54, 1.807) is 0 Å². The third-order valence-electron chi connectivity index (χ3n) is 1.86. The summed E-state index contributed by atoms with van der Waals surface area (Å²) in [6.07, 6.45) is -0.871. The highest BCUT2D eigenvalue weighted by Gasteiger charge is 2.30. The van der Waals surface area contributed by atoms with Gasteiger partial charge in [0.1, 0.15) is 17.8 Å². The number of hydrogen-bond acceptors (Lipinski definition) is 4. The van der Waals surface area contributed by atoms with Crippen LogP contribution in [-0.2, 0) is 19.1 Å². The maximum atomic E-state index is 11.1. The fourth-order valence-corrected chi connectivity index (χ4v) is 1.10. The number of esters is 1. The molecule has 0 fully saturated rings. The third kappa shape index (κ3) is 3.93. The Bertz CT molecular complexity index is 295. The molecule has 0 heterocycles. The fraction of sp³-hybridized carbons (Fsp3) is 0.500. The van der Waals surface area contributed by atoms with Crippen molar-refractivity contribution >= 4 is 17.7 Å². The molecule has 2 atom stereocenters. The quantitative estimate of drug-likeness (QED) is 0.401. The molecule has 0 spiro atoms. The van der Waals surface area contributed by atoms with Crippen LogP contribution in [0.5, 0.6) is 0 Å². The first-order valence-electron chi connectivity index (χ1n) is 4.43. The van der Waals surface area contributed by atoms with Gasteiger partial charge in [0.2, 0.25) is 5.91 Å². The van der Waals surface area contributed by atoms with E-state index in [9.17, 15) is 14.4 Å². The van der Waals surface area contributed by atoms with Crippen LogP contribution in [0, 0.1) is 5.92 Å². The molecule has 2 unspecified atom stereocenters. The van der Waals surface area contributed by atoms with Crippen molar-refractivity contribution in [2.24, 2.45) is 11.7 Å². The molecule has 1 amide bonds. The summed E-state index contributed by atoms with van der Waals surface area (Å²) in [5.74, 6) is -2.97. The van der Waals surface area contributed by atoms with Gasteiger partial charge in [-0.1, -0.05) is 6.58 Å². The first-order valence-corrected chi connectivity index (χ1v) is 4.43. The van der Waals surface area contributed by atoms with Crippen molar-refractivity contribution in [1.82, 2.24) is 0 Å². The Morgan fingerprint density at radius 2 is 1.73 bits per heavy atom. The molecule has 0 rings (SSSR count). The van der Waals surface area contributed by atoms with Crippen LogP contribution in [0.15, 0.2) is 12.2 Å². The number of primary amides is 1. The van der Waals surface area contributed by atoms with E-state index in [2.05, 4.69) is 6.58 Å². The lowest BCUT2D eigenvalue weighted by atomic mass is 9.99. The number of ketones is 1. The second kappa shape index (κ2) is 5.29. The molecular formula is C10H15NO4. The van der Waals surface area contributed by atoms with E-state index in [-0.39, 0.29) is 5.57 Å². The third-order valence-corrected chi connectivity index (χ3v) is 1.86. The molecule has 0 aliphatic heterocycles. The molecular weight excluding hydrogens is 198 g/mol. The number of carbonyl (C=O) groups excluding carboxylic acids is 3. The molecule has 5 heteroatoms. The Labute approximate surface area is 88.3 Å². The van der Waals surface area contributed by atoms with Crippen molar-refractivity contribution in [2.75, 3.05) is 0 Å². The maximum absolute atomic E-state index is 11.1. The lowest BCUT2D eigenvalue weighted by Gasteiger charge is -2.18. The van der Waals surface area contributed by atoms with Crippen molar-refractivity contribution in [1.29, 1.82) is 0 Å². The maximum Gasteiger partial charge on any atom is 0.333 e. The summed E-state index contributed by atoms with van der Waals surface area (Å²) >= 11 is 0. The van der Waals surface area contributed by atoms with Crippen LogP contribution in [0.3, 0.4) is 0 Å². The molecule has 2 N–H and O–H groups in total. The first-order chi connectivity index (χ1) is 6.77. The van der Waals surface area contributed by atoms with Crippen molar-refractivity contribution < 1.29 is 19.1 Å². The minimum Gasteiger partial charge on any atom is -0.458 e. The van der Waals surface area contributed by atoms with E-state index in [0.717, 1.165) is 0 Å². The van der Waals surface area contributed by atoms with Crippen molar-refractivity contribution in [3.05, 3.63) is 12.2 Å². The lowest BCUT2D eigenvalue weighted by molar-refractivity contribution is -0.150. The largest absolute Gasteiger partial charge is 0.458 e. The predicted octanol–water partition coefficient (Wildman–Crippen LogP) is 0.185. The van der Waals surface area contributed by atoms with Gasteiger partial charge in [0.05, 0.1) is 0 Å². The predicted molar refractivity (Wildman–Crippen MR) is 53.7 cm³/mol. The fourth-order valence-electron chi connectivity index (χ4n) is 1.10. The van der Waals surface area contributed by atoms with E-state index in [0.29, 0.717) is 0 Å². The van der Waals surface area contributed by atoms with Gasteiger partial charge in [0, 0.05) is 5.57 Å². The Kier molecular flexibility index (Phi) is 4.70. The van der Waals surface area contributed by atoms with E-state index in [1.165, 1.54) is 20.8 Å². The number of carbonyl (C=O) groups is 3. The molecule has 0 aliphatic carbocycles. The van der Waals surface area contributed by atoms with E-state index in [1.807, 2.05) is 0 Å². The number of nitrogens with two attached hydrogens (primary N) is 1. The van der Waals surface area contributed by atoms with Gasteiger partial charge in [-0.05, 0) is 20.8 Å². The topological polar surface area (TPSA) is 86.5 Å². The van der Waals surface area contributed by atoms with Crippen LogP contribution < -0.4 is 5.73 Å². The standard InChI is InChI=1S/C10H15NO4/c1-5(2)10(14)15-7(4)8(6(3)12)9(11)13/h7-8H,1H2,2-4H3,(H2,11,13). The van der Waals surface area contributed by atoms with Crippen molar-refractivity contribution in [2.45, 2.75) is 26.9 Å². The summed E-state index contributed by atoms with van der Waals surface area (Å²) in [4.78, 5) is 33.1. The minimum atomic E-state index is -1.10. The molecule has 5 nitrogen and oxygen atoms in total. The Morgan fingerprint density at radius 3 is 2.00 bits per heavy atom. The van der Waals surface area contributed by atoms with Gasteiger partial charge in [0.15, 0.2) is 0 Å². The van der Waals surface area contributed by atoms with E-state index >= 15 is 0 Å². The molecule has 15 heavy (non-hydrogen) atoms. The van der Waals surface area contributed by atoms with Gasteiger partial charge < -0.3 is 10.5 Å². The molecule has 0 saturated carbocycles. The second-order valence-electron chi connectivity index (χ2n) is 3.38. The van der Waals surface area contributed by atoms with E-state index < -0.39 is 29.7 Å². The SMILES string of the molecule is C=C(C)C(=O)OC(C)C(C(C)=O)C(N)=O. The normalized spacial score (nSPS) is 13.8. The summed E-state index contributed by atoms with van der Waals surface area (Å²) in [5.41, 5.74) is 5.22. The Hall–Kier alpha value is -1.65. The van der Waals surface area contributed by atoms with Crippen LogP contribution in [0.2, 0.25) is 0 Å². The van der Waals surface area contributed by atoms with Gasteiger partial charge in [-0.25, -0.2) is 4.79 Å². The molecule has 84 valence electrons. The van der Waals surface area contributed by atoms with Crippen LogP contribution in [0.1, 0.15) is 20.8 Å². The summed E-state index contributed by atoms with van der Waals surface area (Å²) in [6.45, 7) is 7.52. The number of ether oxygens (including phenoxy) is 1. The average molecular weight is 213 g/mol. The van der Waals surface area contributed by atoms with Gasteiger partial charge in [-0.2, -0.15) is 0 Å². The van der Waals surface area contributed by atoms with Gasteiger partial charge in [-0.3, -0.25) is 9.59 Å². The minimum absolute atomic E-state index is 0.202. The highest BCUT2D eigenvalue weighted by molar-refractivity contribution is 6.00. The van der Waals surface area contributed by atoms with Gasteiger partial charge >= 0.3 is 5.97 Å². The number of rotatable bonds is 5. The van der Waals surface area contributed by atoms with Crippen LogP contribution in [0.25, 0.3) is 0 Å². The monoisotopic (exact) mass is 213 g/mol. The molecule has 0 aliphatic rings. The first kappa shape index (κ1) is 13.4. The van der Waals surface area contributed by atoms with Crippen molar-refractivity contribution in [3.63, 3.8) is 0 Å². The van der Waals surface area contributed by atoms with Gasteiger partial charge in [0.25, 0.3) is 0 Å². The molecule has 0 aromatic rings. The molecule has 0 bridgehead atoms. The number of Topliss-reactive ketones (excluding diaryl/α,β-unsaturated/α-hetero) is 1. The second-order valence-corrected chi connectivity index (χ2v) is 3.38. The Morgan fingerprint density at radius 1 is 1.27 bits per heavy atom. The van der Waals surface area contributed by atoms with Gasteiger partial charge in [-0.15, -0.1) is 0 Å². The highest BCUT2D eigenvalue weighted by atomic mass is 16.5. The Balaban J connectivity index is 4.60. The lowest BCUT2D eigenvalue weighted by Crippen LogP contribution is -2.39. The molecule has 0 aromatic carbocycles. The van der Waals surface area contributed by atoms with Crippen LogP contribution >= 0.6 is 0 Å². The molecule has 0 saturated heterocycles. The summed E-state index contributed by atoms with van der Waals surface area (Å²) < 4.78 is 4.84. The summed E-state index contributed by atoms with van der Waals surface area (Å²) in [6, 6.07) is 0. The summed E-state index contributed by atoms with van der Waals surface area (Å²) in [7, 11) is 0. The summed E-state index contributed by atoms with van der Waals surface area (Å²) in [5, 5.41) is 0. The highest BCUT2D eigenvalue weighted by Crippen LogP contribution is 2.10. The number of hydrogen-bond donors (Lipinski definition) is 1. The zero-order valence-corrected chi connectivity index (χ0v) is 9.07. The smallest absolute Gasteiger partial charge is 0.333 e. The zero-order valence-electron chi connectivity index (χ0n) is 9.07. The van der Waals surface area contributed by atoms with Crippen LogP contribution in [-0.4, -0.2) is 23.8 Å². The van der Waals surface area contributed by atoms with E-state index in [4.69, 9.17) is 10.5 Å². The number of amides is 1. The average Bonchev–Trinajstić information content (AvgIpc) is 2.01. The molecule has 0 aromatic heterocycles. The zero-order chi connectivity index (χ0) is 12.2. The van der Waals surface area contributed by atoms with Crippen LogP contribution in [0.4, 0.5) is 0 Å². The molecule has 0 radical (unpaired) electrons. The van der Waals surface area contributed by atoms with Crippen molar-refractivity contribution in [3.8, 4) is 0 Å².